The molecule has 3 N–H and O–H groups in total. The highest BCUT2D eigenvalue weighted by molar-refractivity contribution is 14.0. The van der Waals surface area contributed by atoms with Crippen LogP contribution in [0.1, 0.15) is 32.3 Å². The summed E-state index contributed by atoms with van der Waals surface area (Å²) >= 11 is 0. The number of methoxy groups -OCH3 is 1. The number of guanidine groups is 1. The van der Waals surface area contributed by atoms with E-state index in [4.69, 9.17) is 9.47 Å². The molecule has 1 aromatic rings. The molecule has 0 radical (unpaired) electrons. The topological polar surface area (TPSA) is 78.4 Å². The first kappa shape index (κ1) is 24.8. The Hall–Kier alpha value is -1.26. The van der Waals surface area contributed by atoms with E-state index in [1.807, 2.05) is 6.07 Å². The van der Waals surface area contributed by atoms with Crippen LogP contribution in [0.3, 0.4) is 0 Å². The Morgan fingerprint density at radius 3 is 2.64 bits per heavy atom. The first-order valence-electron chi connectivity index (χ1n) is 9.68. The number of halogens is 1. The summed E-state index contributed by atoms with van der Waals surface area (Å²) in [7, 11) is 3.38. The molecule has 0 spiro atoms. The Kier molecular flexibility index (Phi) is 11.6. The molecule has 1 aromatic carbocycles. The smallest absolute Gasteiger partial charge is 0.191 e. The average molecular weight is 506 g/mol. The van der Waals surface area contributed by atoms with Gasteiger partial charge >= 0.3 is 0 Å². The van der Waals surface area contributed by atoms with Crippen molar-refractivity contribution < 1.29 is 14.6 Å². The van der Waals surface area contributed by atoms with Gasteiger partial charge in [0.15, 0.2) is 5.96 Å². The number of nitrogens with one attached hydrogen (secondary N) is 2. The lowest BCUT2D eigenvalue weighted by molar-refractivity contribution is 0.0532. The summed E-state index contributed by atoms with van der Waals surface area (Å²) in [5.74, 6) is 1.72. The summed E-state index contributed by atoms with van der Waals surface area (Å²) in [5.41, 5.74) is 0.775. The summed E-state index contributed by atoms with van der Waals surface area (Å²) in [5, 5.41) is 16.8. The van der Waals surface area contributed by atoms with Gasteiger partial charge in [0.1, 0.15) is 11.5 Å². The molecule has 0 unspecified atom stereocenters. The molecule has 1 aliphatic rings. The van der Waals surface area contributed by atoms with Crippen LogP contribution in [0, 0.1) is 0 Å². The van der Waals surface area contributed by atoms with E-state index in [-0.39, 0.29) is 29.7 Å². The highest BCUT2D eigenvalue weighted by atomic mass is 127. The number of aromatic hydroxyl groups is 1. The van der Waals surface area contributed by atoms with Gasteiger partial charge in [0.2, 0.25) is 0 Å². The van der Waals surface area contributed by atoms with E-state index in [1.54, 1.807) is 26.3 Å². The van der Waals surface area contributed by atoms with Gasteiger partial charge in [-0.05, 0) is 44.9 Å². The molecule has 1 fully saturated rings. The molecule has 28 heavy (non-hydrogen) atoms. The standard InChI is InChI=1S/C20H34N4O3.HI/c1-15(2)27-12-11-24-9-7-17(8-10-24)23-20(21-3)22-14-16-13-18(26-4)5-6-19(16)25;/h5-6,13,15,17,25H,7-12,14H2,1-4H3,(H2,21,22,23);1H. The SMILES string of the molecule is CN=C(NCc1cc(OC)ccc1O)NC1CCN(CCOC(C)C)CC1.I. The zero-order chi connectivity index (χ0) is 19.6. The van der Waals surface area contributed by atoms with E-state index in [0.29, 0.717) is 18.7 Å². The van der Waals surface area contributed by atoms with Crippen LogP contribution in [-0.4, -0.2) is 68.5 Å². The third kappa shape index (κ3) is 8.40. The summed E-state index contributed by atoms with van der Waals surface area (Å²) in [6, 6.07) is 5.61. The Balaban J connectivity index is 0.00000392. The van der Waals surface area contributed by atoms with Crippen LogP contribution in [-0.2, 0) is 11.3 Å². The van der Waals surface area contributed by atoms with Gasteiger partial charge in [-0.3, -0.25) is 4.99 Å². The molecule has 7 nitrogen and oxygen atoms in total. The Bertz CT molecular complexity index is 605. The summed E-state index contributed by atoms with van der Waals surface area (Å²) in [4.78, 5) is 6.75. The Labute approximate surface area is 185 Å². The summed E-state index contributed by atoms with van der Waals surface area (Å²) in [6.07, 6.45) is 2.45. The van der Waals surface area contributed by atoms with Crippen molar-refractivity contribution in [3.8, 4) is 11.5 Å². The van der Waals surface area contributed by atoms with Crippen LogP contribution < -0.4 is 15.4 Å². The minimum absolute atomic E-state index is 0. The predicted octanol–water partition coefficient (Wildman–Crippen LogP) is 2.57. The Morgan fingerprint density at radius 2 is 2.04 bits per heavy atom. The number of likely N-dealkylation sites (tertiary alicyclic amines) is 1. The van der Waals surface area contributed by atoms with E-state index < -0.39 is 0 Å². The Morgan fingerprint density at radius 1 is 1.32 bits per heavy atom. The third-order valence-corrected chi connectivity index (χ3v) is 4.74. The van der Waals surface area contributed by atoms with Crippen LogP contribution in [0.25, 0.3) is 0 Å². The van der Waals surface area contributed by atoms with Gasteiger partial charge in [-0.25, -0.2) is 0 Å². The molecular formula is C20H35IN4O3. The monoisotopic (exact) mass is 506 g/mol. The molecule has 0 bridgehead atoms. The van der Waals surface area contributed by atoms with Gasteiger partial charge in [-0.2, -0.15) is 0 Å². The maximum atomic E-state index is 10.0. The van der Waals surface area contributed by atoms with Crippen molar-refractivity contribution in [2.75, 3.05) is 40.4 Å². The van der Waals surface area contributed by atoms with Crippen molar-refractivity contribution in [3.05, 3.63) is 23.8 Å². The fourth-order valence-electron chi connectivity index (χ4n) is 3.12. The average Bonchev–Trinajstić information content (AvgIpc) is 2.67. The zero-order valence-corrected chi connectivity index (χ0v) is 19.7. The number of phenolic OH excluding ortho intramolecular Hbond substituents is 1. The van der Waals surface area contributed by atoms with Gasteiger partial charge in [-0.15, -0.1) is 24.0 Å². The highest BCUT2D eigenvalue weighted by Gasteiger charge is 2.20. The van der Waals surface area contributed by atoms with Crippen molar-refractivity contribution in [2.45, 2.75) is 45.4 Å². The minimum atomic E-state index is 0. The molecule has 0 aliphatic carbocycles. The summed E-state index contributed by atoms with van der Waals surface area (Å²) < 4.78 is 10.9. The summed E-state index contributed by atoms with van der Waals surface area (Å²) in [6.45, 7) is 8.53. The second-order valence-corrected chi connectivity index (χ2v) is 7.10. The molecule has 160 valence electrons. The van der Waals surface area contributed by atoms with E-state index in [0.717, 1.165) is 56.4 Å². The number of hydrogen-bond acceptors (Lipinski definition) is 5. The zero-order valence-electron chi connectivity index (χ0n) is 17.4. The molecule has 0 amide bonds. The van der Waals surface area contributed by atoms with Crippen molar-refractivity contribution in [1.29, 1.82) is 0 Å². The van der Waals surface area contributed by atoms with Gasteiger partial charge in [0.25, 0.3) is 0 Å². The number of piperidine rings is 1. The first-order chi connectivity index (χ1) is 13.0. The van der Waals surface area contributed by atoms with Gasteiger partial charge < -0.3 is 30.1 Å². The third-order valence-electron chi connectivity index (χ3n) is 4.74. The van der Waals surface area contributed by atoms with E-state index in [2.05, 4.69) is 34.4 Å². The lowest BCUT2D eigenvalue weighted by Gasteiger charge is -2.33. The van der Waals surface area contributed by atoms with Gasteiger partial charge in [-0.1, -0.05) is 0 Å². The number of aliphatic imine (C=N–C) groups is 1. The van der Waals surface area contributed by atoms with Crippen LogP contribution in [0.4, 0.5) is 0 Å². The van der Waals surface area contributed by atoms with E-state index in [1.165, 1.54) is 0 Å². The second-order valence-electron chi connectivity index (χ2n) is 7.10. The molecule has 1 aliphatic heterocycles. The van der Waals surface area contributed by atoms with Crippen molar-refractivity contribution >= 4 is 29.9 Å². The number of phenols is 1. The molecular weight excluding hydrogens is 471 g/mol. The fourth-order valence-corrected chi connectivity index (χ4v) is 3.12. The number of hydrogen-bond donors (Lipinski definition) is 3. The highest BCUT2D eigenvalue weighted by Crippen LogP contribution is 2.22. The van der Waals surface area contributed by atoms with Crippen molar-refractivity contribution in [2.24, 2.45) is 4.99 Å². The van der Waals surface area contributed by atoms with Crippen LogP contribution >= 0.6 is 24.0 Å². The van der Waals surface area contributed by atoms with Crippen molar-refractivity contribution in [1.82, 2.24) is 15.5 Å². The molecule has 1 saturated heterocycles. The van der Waals surface area contributed by atoms with Gasteiger partial charge in [0.05, 0.1) is 19.8 Å². The van der Waals surface area contributed by atoms with Gasteiger partial charge in [0, 0.05) is 44.8 Å². The van der Waals surface area contributed by atoms with E-state index in [9.17, 15) is 5.11 Å². The minimum Gasteiger partial charge on any atom is -0.508 e. The first-order valence-corrected chi connectivity index (χ1v) is 9.68. The molecule has 0 aromatic heterocycles. The number of rotatable bonds is 8. The second kappa shape index (κ2) is 13.1. The van der Waals surface area contributed by atoms with Crippen LogP contribution in [0.15, 0.2) is 23.2 Å². The quantitative estimate of drug-likeness (QED) is 0.286. The van der Waals surface area contributed by atoms with Crippen LogP contribution in [0.5, 0.6) is 11.5 Å². The largest absolute Gasteiger partial charge is 0.508 e. The lowest BCUT2D eigenvalue weighted by Crippen LogP contribution is -2.49. The number of ether oxygens (including phenoxy) is 2. The number of nitrogens with zero attached hydrogens (tertiary/aromatic N) is 2. The fraction of sp³-hybridized carbons (Fsp3) is 0.650. The van der Waals surface area contributed by atoms with E-state index >= 15 is 0 Å². The van der Waals surface area contributed by atoms with Crippen LogP contribution in [0.2, 0.25) is 0 Å². The molecule has 1 heterocycles. The molecule has 8 heteroatoms. The normalized spacial score (nSPS) is 16.0. The van der Waals surface area contributed by atoms with Crippen molar-refractivity contribution in [3.63, 3.8) is 0 Å². The molecule has 0 atom stereocenters. The predicted molar refractivity (Wildman–Crippen MR) is 124 cm³/mol. The maximum Gasteiger partial charge on any atom is 0.191 e. The molecule has 2 rings (SSSR count). The number of benzene rings is 1. The lowest BCUT2D eigenvalue weighted by atomic mass is 10.1. The maximum absolute atomic E-state index is 10.0. The molecule has 0 saturated carbocycles.